The van der Waals surface area contributed by atoms with Gasteiger partial charge >= 0.3 is 0 Å². The van der Waals surface area contributed by atoms with Gasteiger partial charge in [0, 0.05) is 27.8 Å². The Kier molecular flexibility index (Phi) is 4.81. The second kappa shape index (κ2) is 6.39. The number of thiophene rings is 1. The topological polar surface area (TPSA) is 55.5 Å². The molecule has 0 aliphatic carbocycles. The fourth-order valence-electron chi connectivity index (χ4n) is 2.34. The largest absolute Gasteiger partial charge is 0.496 e. The minimum atomic E-state index is -0.603. The number of rotatable bonds is 5. The van der Waals surface area contributed by atoms with Crippen molar-refractivity contribution >= 4 is 11.3 Å². The Hall–Kier alpha value is -1.36. The molecule has 1 heterocycles. The first-order valence-electron chi connectivity index (χ1n) is 6.66. The molecule has 0 aliphatic heterocycles. The molecule has 3 nitrogen and oxygen atoms in total. The lowest BCUT2D eigenvalue weighted by molar-refractivity contribution is 0.149. The molecule has 2 unspecified atom stereocenters. The van der Waals surface area contributed by atoms with Crippen molar-refractivity contribution in [1.29, 1.82) is 0 Å². The van der Waals surface area contributed by atoms with Gasteiger partial charge in [-0.2, -0.15) is 0 Å². The maximum absolute atomic E-state index is 10.7. The lowest BCUT2D eigenvalue weighted by atomic mass is 9.91. The maximum atomic E-state index is 10.7. The molecule has 0 bridgehead atoms. The number of benzene rings is 1. The molecule has 0 fully saturated rings. The summed E-state index contributed by atoms with van der Waals surface area (Å²) in [6.07, 6.45) is -0.603. The van der Waals surface area contributed by atoms with Gasteiger partial charge in [0.1, 0.15) is 5.75 Å². The van der Waals surface area contributed by atoms with Gasteiger partial charge in [0.25, 0.3) is 0 Å². The van der Waals surface area contributed by atoms with Gasteiger partial charge in [0.2, 0.25) is 0 Å². The number of hydrogen-bond acceptors (Lipinski definition) is 4. The predicted molar refractivity (Wildman–Crippen MR) is 83.5 cm³/mol. The van der Waals surface area contributed by atoms with E-state index in [1.165, 1.54) is 10.4 Å². The number of nitrogens with two attached hydrogens (primary N) is 1. The van der Waals surface area contributed by atoms with Gasteiger partial charge in [-0.15, -0.1) is 11.3 Å². The lowest BCUT2D eigenvalue weighted by Gasteiger charge is -2.22. The van der Waals surface area contributed by atoms with Crippen LogP contribution >= 0.6 is 11.3 Å². The highest BCUT2D eigenvalue weighted by Gasteiger charge is 2.25. The first-order valence-corrected chi connectivity index (χ1v) is 7.48. The van der Waals surface area contributed by atoms with Crippen LogP contribution in [0.4, 0.5) is 0 Å². The molecule has 0 saturated heterocycles. The molecular formula is C16H21NO2S. The van der Waals surface area contributed by atoms with Crippen molar-refractivity contribution in [3.63, 3.8) is 0 Å². The SMILES string of the molecule is COc1ccccc1C(CN)C(O)c1cc(C)c(C)s1. The summed E-state index contributed by atoms with van der Waals surface area (Å²) in [7, 11) is 1.64. The van der Waals surface area contributed by atoms with Crippen LogP contribution in [0.3, 0.4) is 0 Å². The molecule has 2 rings (SSSR count). The van der Waals surface area contributed by atoms with Gasteiger partial charge in [-0.05, 0) is 31.5 Å². The smallest absolute Gasteiger partial charge is 0.122 e. The first kappa shape index (κ1) is 15.0. The Morgan fingerprint density at radius 2 is 2.00 bits per heavy atom. The van der Waals surface area contributed by atoms with Crippen LogP contribution in [0.1, 0.15) is 32.9 Å². The Bertz CT molecular complexity index is 560. The summed E-state index contributed by atoms with van der Waals surface area (Å²) in [6, 6.07) is 9.77. The van der Waals surface area contributed by atoms with Crippen molar-refractivity contribution in [3.8, 4) is 5.75 Å². The highest BCUT2D eigenvalue weighted by molar-refractivity contribution is 7.12. The number of aliphatic hydroxyl groups excluding tert-OH is 1. The number of methoxy groups -OCH3 is 1. The van der Waals surface area contributed by atoms with Crippen LogP contribution in [0.15, 0.2) is 30.3 Å². The average molecular weight is 291 g/mol. The van der Waals surface area contributed by atoms with Crippen molar-refractivity contribution in [2.75, 3.05) is 13.7 Å². The van der Waals surface area contributed by atoms with Gasteiger partial charge < -0.3 is 15.6 Å². The molecule has 20 heavy (non-hydrogen) atoms. The van der Waals surface area contributed by atoms with E-state index in [2.05, 4.69) is 13.8 Å². The van der Waals surface area contributed by atoms with E-state index in [9.17, 15) is 5.11 Å². The third-order valence-electron chi connectivity index (χ3n) is 3.65. The van der Waals surface area contributed by atoms with E-state index < -0.39 is 6.10 Å². The molecule has 0 aliphatic rings. The van der Waals surface area contributed by atoms with E-state index in [0.29, 0.717) is 6.54 Å². The van der Waals surface area contributed by atoms with Gasteiger partial charge in [-0.25, -0.2) is 0 Å². The zero-order chi connectivity index (χ0) is 14.7. The van der Waals surface area contributed by atoms with Crippen LogP contribution in [0, 0.1) is 13.8 Å². The average Bonchev–Trinajstić information content (AvgIpc) is 2.80. The molecule has 4 heteroatoms. The summed E-state index contributed by atoms with van der Waals surface area (Å²) in [5, 5.41) is 10.7. The summed E-state index contributed by atoms with van der Waals surface area (Å²) < 4.78 is 5.38. The summed E-state index contributed by atoms with van der Waals surface area (Å²) in [6.45, 7) is 4.50. The zero-order valence-electron chi connectivity index (χ0n) is 12.1. The van der Waals surface area contributed by atoms with E-state index in [0.717, 1.165) is 16.2 Å². The monoisotopic (exact) mass is 291 g/mol. The van der Waals surface area contributed by atoms with Crippen molar-refractivity contribution in [3.05, 3.63) is 51.2 Å². The highest BCUT2D eigenvalue weighted by atomic mass is 32.1. The Morgan fingerprint density at radius 1 is 1.30 bits per heavy atom. The molecule has 2 atom stereocenters. The van der Waals surface area contributed by atoms with Crippen molar-refractivity contribution in [2.45, 2.75) is 25.9 Å². The molecule has 1 aromatic heterocycles. The minimum absolute atomic E-state index is 0.163. The number of hydrogen-bond donors (Lipinski definition) is 2. The quantitative estimate of drug-likeness (QED) is 0.889. The van der Waals surface area contributed by atoms with Crippen LogP contribution in [0.2, 0.25) is 0 Å². The molecular weight excluding hydrogens is 270 g/mol. The molecule has 0 radical (unpaired) electrons. The zero-order valence-corrected chi connectivity index (χ0v) is 12.9. The Balaban J connectivity index is 2.36. The Labute approximate surface area is 124 Å². The van der Waals surface area contributed by atoms with Crippen LogP contribution in [-0.2, 0) is 0 Å². The van der Waals surface area contributed by atoms with E-state index >= 15 is 0 Å². The predicted octanol–water partition coefficient (Wildman–Crippen LogP) is 3.15. The van der Waals surface area contributed by atoms with E-state index in [-0.39, 0.29) is 5.92 Å². The molecule has 1 aromatic carbocycles. The Morgan fingerprint density at radius 3 is 2.55 bits per heavy atom. The van der Waals surface area contributed by atoms with Crippen molar-refractivity contribution in [1.82, 2.24) is 0 Å². The normalized spacial score (nSPS) is 14.1. The second-order valence-electron chi connectivity index (χ2n) is 4.92. The number of ether oxygens (including phenoxy) is 1. The molecule has 2 aromatic rings. The van der Waals surface area contributed by atoms with Crippen LogP contribution in [0.5, 0.6) is 5.75 Å². The van der Waals surface area contributed by atoms with Gasteiger partial charge in [-0.1, -0.05) is 18.2 Å². The second-order valence-corrected chi connectivity index (χ2v) is 6.20. The fraction of sp³-hybridized carbons (Fsp3) is 0.375. The fourth-order valence-corrected chi connectivity index (χ4v) is 3.44. The highest BCUT2D eigenvalue weighted by Crippen LogP contribution is 2.38. The van der Waals surface area contributed by atoms with Gasteiger partial charge in [0.05, 0.1) is 13.2 Å². The first-order chi connectivity index (χ1) is 9.58. The van der Waals surface area contributed by atoms with Crippen LogP contribution < -0.4 is 10.5 Å². The van der Waals surface area contributed by atoms with E-state index in [1.807, 2.05) is 30.3 Å². The molecule has 3 N–H and O–H groups in total. The summed E-state index contributed by atoms with van der Waals surface area (Å²) in [4.78, 5) is 2.19. The van der Waals surface area contributed by atoms with E-state index in [1.54, 1.807) is 18.4 Å². The molecule has 108 valence electrons. The number of para-hydroxylation sites is 1. The standard InChI is InChI=1S/C16H21NO2S/c1-10-8-15(20-11(10)2)16(18)13(9-17)12-6-4-5-7-14(12)19-3/h4-8,13,16,18H,9,17H2,1-3H3. The van der Waals surface area contributed by atoms with Gasteiger partial charge in [0.15, 0.2) is 0 Å². The summed E-state index contributed by atoms with van der Waals surface area (Å²) >= 11 is 1.63. The number of aliphatic hydroxyl groups is 1. The van der Waals surface area contributed by atoms with Crippen LogP contribution in [0.25, 0.3) is 0 Å². The van der Waals surface area contributed by atoms with Crippen LogP contribution in [-0.4, -0.2) is 18.8 Å². The van der Waals surface area contributed by atoms with Crippen molar-refractivity contribution in [2.24, 2.45) is 5.73 Å². The summed E-state index contributed by atoms with van der Waals surface area (Å²) in [5.74, 6) is 0.607. The van der Waals surface area contributed by atoms with E-state index in [4.69, 9.17) is 10.5 Å². The lowest BCUT2D eigenvalue weighted by Crippen LogP contribution is -2.20. The third kappa shape index (κ3) is 2.87. The maximum Gasteiger partial charge on any atom is 0.122 e. The third-order valence-corrected chi connectivity index (χ3v) is 4.87. The van der Waals surface area contributed by atoms with Gasteiger partial charge in [-0.3, -0.25) is 0 Å². The minimum Gasteiger partial charge on any atom is -0.496 e. The number of aryl methyl sites for hydroxylation is 2. The van der Waals surface area contributed by atoms with Crippen molar-refractivity contribution < 1.29 is 9.84 Å². The molecule has 0 amide bonds. The molecule has 0 spiro atoms. The molecule has 0 saturated carbocycles. The summed E-state index contributed by atoms with van der Waals surface area (Å²) in [5.41, 5.74) is 8.06.